The van der Waals surface area contributed by atoms with Gasteiger partial charge in [-0.05, 0) is 19.1 Å². The first kappa shape index (κ1) is 11.9. The second kappa shape index (κ2) is 7.20. The van der Waals surface area contributed by atoms with E-state index in [1.165, 1.54) is 0 Å². The quantitative estimate of drug-likeness (QED) is 0.661. The Labute approximate surface area is 91.1 Å². The highest BCUT2D eigenvalue weighted by Crippen LogP contribution is 2.00. The number of ether oxygens (including phenoxy) is 1. The Bertz CT molecular complexity index is 253. The van der Waals surface area contributed by atoms with E-state index >= 15 is 0 Å². The molecule has 0 bridgehead atoms. The molecule has 15 heavy (non-hydrogen) atoms. The standard InChI is InChI=1S/C11H19N3O/c1-10(9-15-2)13-6-7-14-11-4-3-5-12-8-11/h3-5,8,10,13-14H,6-7,9H2,1-2H3/t10-/m0/s1. The topological polar surface area (TPSA) is 46.2 Å². The Morgan fingerprint density at radius 2 is 2.33 bits per heavy atom. The summed E-state index contributed by atoms with van der Waals surface area (Å²) in [6.07, 6.45) is 3.59. The Kier molecular flexibility index (Phi) is 5.73. The number of nitrogens with zero attached hydrogens (tertiary/aromatic N) is 1. The molecule has 1 atom stereocenters. The first-order valence-corrected chi connectivity index (χ1v) is 5.19. The third-order valence-electron chi connectivity index (χ3n) is 2.03. The number of rotatable bonds is 7. The van der Waals surface area contributed by atoms with Crippen LogP contribution in [-0.4, -0.2) is 37.8 Å². The predicted molar refractivity (Wildman–Crippen MR) is 62.1 cm³/mol. The van der Waals surface area contributed by atoms with Gasteiger partial charge >= 0.3 is 0 Å². The lowest BCUT2D eigenvalue weighted by Crippen LogP contribution is -2.33. The maximum atomic E-state index is 5.03. The zero-order valence-electron chi connectivity index (χ0n) is 9.36. The molecule has 0 aliphatic heterocycles. The Hall–Kier alpha value is -1.13. The number of nitrogens with one attached hydrogen (secondary N) is 2. The van der Waals surface area contributed by atoms with Gasteiger partial charge in [0.15, 0.2) is 0 Å². The normalized spacial score (nSPS) is 12.4. The molecule has 1 heterocycles. The van der Waals surface area contributed by atoms with Crippen molar-refractivity contribution in [3.63, 3.8) is 0 Å². The molecule has 4 heteroatoms. The van der Waals surface area contributed by atoms with Crippen LogP contribution in [0, 0.1) is 0 Å². The van der Waals surface area contributed by atoms with Crippen molar-refractivity contribution in [1.82, 2.24) is 10.3 Å². The highest BCUT2D eigenvalue weighted by molar-refractivity contribution is 5.39. The molecular weight excluding hydrogens is 190 g/mol. The van der Waals surface area contributed by atoms with Crippen molar-refractivity contribution >= 4 is 5.69 Å². The second-order valence-corrected chi connectivity index (χ2v) is 3.48. The molecule has 0 unspecified atom stereocenters. The molecule has 1 rings (SSSR count). The van der Waals surface area contributed by atoms with E-state index in [0.29, 0.717) is 6.04 Å². The Balaban J connectivity index is 2.07. The van der Waals surface area contributed by atoms with Gasteiger partial charge in [-0.3, -0.25) is 4.98 Å². The number of hydrogen-bond acceptors (Lipinski definition) is 4. The maximum absolute atomic E-state index is 5.03. The van der Waals surface area contributed by atoms with E-state index in [1.54, 1.807) is 13.3 Å². The zero-order chi connectivity index (χ0) is 10.9. The van der Waals surface area contributed by atoms with Gasteiger partial charge < -0.3 is 15.4 Å². The highest BCUT2D eigenvalue weighted by atomic mass is 16.5. The number of aromatic nitrogens is 1. The van der Waals surface area contributed by atoms with Crippen molar-refractivity contribution in [2.24, 2.45) is 0 Å². The minimum Gasteiger partial charge on any atom is -0.383 e. The third kappa shape index (κ3) is 5.34. The predicted octanol–water partition coefficient (Wildman–Crippen LogP) is 1.12. The van der Waals surface area contributed by atoms with Crippen molar-refractivity contribution in [3.8, 4) is 0 Å². The maximum Gasteiger partial charge on any atom is 0.0613 e. The van der Waals surface area contributed by atoms with Gasteiger partial charge in [-0.15, -0.1) is 0 Å². The number of methoxy groups -OCH3 is 1. The van der Waals surface area contributed by atoms with Gasteiger partial charge in [0.2, 0.25) is 0 Å². The molecule has 4 nitrogen and oxygen atoms in total. The summed E-state index contributed by atoms with van der Waals surface area (Å²) in [5, 5.41) is 6.62. The van der Waals surface area contributed by atoms with Gasteiger partial charge in [0.05, 0.1) is 12.3 Å². The van der Waals surface area contributed by atoms with E-state index in [1.807, 2.05) is 18.3 Å². The average Bonchev–Trinajstić information content (AvgIpc) is 2.26. The van der Waals surface area contributed by atoms with Crippen LogP contribution in [0.1, 0.15) is 6.92 Å². The molecule has 0 fully saturated rings. The molecular formula is C11H19N3O. The Morgan fingerprint density at radius 1 is 1.47 bits per heavy atom. The van der Waals surface area contributed by atoms with Crippen LogP contribution in [0.2, 0.25) is 0 Å². The van der Waals surface area contributed by atoms with Crippen LogP contribution in [0.25, 0.3) is 0 Å². The van der Waals surface area contributed by atoms with Gasteiger partial charge in [0.1, 0.15) is 0 Å². The molecule has 0 amide bonds. The number of pyridine rings is 1. The van der Waals surface area contributed by atoms with Crippen molar-refractivity contribution in [3.05, 3.63) is 24.5 Å². The van der Waals surface area contributed by atoms with E-state index in [4.69, 9.17) is 4.74 Å². The lowest BCUT2D eigenvalue weighted by atomic mass is 10.3. The average molecular weight is 209 g/mol. The van der Waals surface area contributed by atoms with E-state index in [-0.39, 0.29) is 0 Å². The summed E-state index contributed by atoms with van der Waals surface area (Å²) in [6.45, 7) is 4.65. The molecule has 0 aliphatic rings. The van der Waals surface area contributed by atoms with Gasteiger partial charge in [-0.25, -0.2) is 0 Å². The largest absolute Gasteiger partial charge is 0.383 e. The molecule has 0 radical (unpaired) electrons. The van der Waals surface area contributed by atoms with Crippen LogP contribution in [-0.2, 0) is 4.74 Å². The smallest absolute Gasteiger partial charge is 0.0613 e. The van der Waals surface area contributed by atoms with Crippen LogP contribution in [0.5, 0.6) is 0 Å². The van der Waals surface area contributed by atoms with Crippen molar-refractivity contribution in [2.45, 2.75) is 13.0 Å². The van der Waals surface area contributed by atoms with Crippen LogP contribution in [0.15, 0.2) is 24.5 Å². The summed E-state index contributed by atoms with van der Waals surface area (Å²) in [5.41, 5.74) is 1.05. The van der Waals surface area contributed by atoms with E-state index < -0.39 is 0 Å². The zero-order valence-corrected chi connectivity index (χ0v) is 9.36. The van der Waals surface area contributed by atoms with Crippen molar-refractivity contribution in [2.75, 3.05) is 32.1 Å². The summed E-state index contributed by atoms with van der Waals surface area (Å²) in [6, 6.07) is 4.32. The minimum atomic E-state index is 0.394. The van der Waals surface area contributed by atoms with Crippen LogP contribution in [0.3, 0.4) is 0 Å². The summed E-state index contributed by atoms with van der Waals surface area (Å²) in [5.74, 6) is 0. The molecule has 84 valence electrons. The van der Waals surface area contributed by atoms with Gasteiger partial charge in [0.25, 0.3) is 0 Å². The highest BCUT2D eigenvalue weighted by Gasteiger charge is 1.98. The van der Waals surface area contributed by atoms with Gasteiger partial charge in [-0.2, -0.15) is 0 Å². The first-order chi connectivity index (χ1) is 7.33. The summed E-state index contributed by atoms with van der Waals surface area (Å²) in [4.78, 5) is 4.03. The fraction of sp³-hybridized carbons (Fsp3) is 0.545. The minimum absolute atomic E-state index is 0.394. The molecule has 1 aromatic heterocycles. The van der Waals surface area contributed by atoms with Crippen LogP contribution >= 0.6 is 0 Å². The summed E-state index contributed by atoms with van der Waals surface area (Å²) < 4.78 is 5.03. The third-order valence-corrected chi connectivity index (χ3v) is 2.03. The molecule has 2 N–H and O–H groups in total. The van der Waals surface area contributed by atoms with E-state index in [0.717, 1.165) is 25.4 Å². The second-order valence-electron chi connectivity index (χ2n) is 3.48. The van der Waals surface area contributed by atoms with Crippen molar-refractivity contribution in [1.29, 1.82) is 0 Å². The molecule has 0 spiro atoms. The van der Waals surface area contributed by atoms with Gasteiger partial charge in [-0.1, -0.05) is 0 Å². The van der Waals surface area contributed by atoms with E-state index in [9.17, 15) is 0 Å². The van der Waals surface area contributed by atoms with Crippen molar-refractivity contribution < 1.29 is 4.74 Å². The fourth-order valence-corrected chi connectivity index (χ4v) is 1.30. The monoisotopic (exact) mass is 209 g/mol. The van der Waals surface area contributed by atoms with Gasteiger partial charge in [0, 0.05) is 38.6 Å². The number of anilines is 1. The molecule has 0 saturated carbocycles. The first-order valence-electron chi connectivity index (χ1n) is 5.19. The summed E-state index contributed by atoms with van der Waals surface area (Å²) in [7, 11) is 1.71. The Morgan fingerprint density at radius 3 is 3.00 bits per heavy atom. The molecule has 1 aromatic rings. The SMILES string of the molecule is COC[C@H](C)NCCNc1cccnc1. The molecule has 0 saturated heterocycles. The van der Waals surface area contributed by atoms with Crippen LogP contribution in [0.4, 0.5) is 5.69 Å². The van der Waals surface area contributed by atoms with E-state index in [2.05, 4.69) is 22.5 Å². The molecule has 0 aromatic carbocycles. The summed E-state index contributed by atoms with van der Waals surface area (Å²) >= 11 is 0. The van der Waals surface area contributed by atoms with Crippen LogP contribution < -0.4 is 10.6 Å². The molecule has 0 aliphatic carbocycles. The lowest BCUT2D eigenvalue weighted by Gasteiger charge is -2.13. The fourth-order valence-electron chi connectivity index (χ4n) is 1.30. The lowest BCUT2D eigenvalue weighted by molar-refractivity contribution is 0.173. The number of hydrogen-bond donors (Lipinski definition) is 2.